The number of carbonyl (C=O) groups is 2. The van der Waals surface area contributed by atoms with Crippen molar-refractivity contribution in [3.8, 4) is 11.5 Å². The molecule has 2 rings (SSSR count). The molecule has 4 N–H and O–H groups in total. The zero-order chi connectivity index (χ0) is 21.6. The lowest BCUT2D eigenvalue weighted by Crippen LogP contribution is -2.65. The highest BCUT2D eigenvalue weighted by Crippen LogP contribution is 2.32. The summed E-state index contributed by atoms with van der Waals surface area (Å²) in [5.74, 6) is -0.455. The predicted octanol–water partition coefficient (Wildman–Crippen LogP) is -0.796. The summed E-state index contributed by atoms with van der Waals surface area (Å²) >= 11 is 0. The molecule has 10 heteroatoms. The van der Waals surface area contributed by atoms with Gasteiger partial charge in [-0.25, -0.2) is 4.79 Å². The number of carbonyl (C=O) groups excluding carboxylic acids is 2. The third-order valence-corrected chi connectivity index (χ3v) is 4.29. The van der Waals surface area contributed by atoms with Gasteiger partial charge in [0.2, 0.25) is 12.2 Å². The van der Waals surface area contributed by atoms with Crippen LogP contribution < -0.4 is 14.8 Å². The molecule has 1 amide bonds. The Morgan fingerprint density at radius 3 is 2.52 bits per heavy atom. The molecule has 0 aromatic heterocycles. The molecular weight excluding hydrogens is 386 g/mol. The Kier molecular flexibility index (Phi) is 7.97. The van der Waals surface area contributed by atoms with Crippen LogP contribution >= 0.6 is 0 Å². The van der Waals surface area contributed by atoms with Crippen molar-refractivity contribution in [3.05, 3.63) is 29.8 Å². The van der Waals surface area contributed by atoms with Gasteiger partial charge in [0.1, 0.15) is 24.4 Å². The zero-order valence-corrected chi connectivity index (χ0v) is 16.3. The Morgan fingerprint density at radius 1 is 1.21 bits per heavy atom. The third kappa shape index (κ3) is 5.67. The van der Waals surface area contributed by atoms with Gasteiger partial charge in [-0.15, -0.1) is 0 Å². The van der Waals surface area contributed by atoms with E-state index in [9.17, 15) is 24.9 Å². The predicted molar refractivity (Wildman–Crippen MR) is 100 cm³/mol. The van der Waals surface area contributed by atoms with Gasteiger partial charge in [0, 0.05) is 13.0 Å². The molecule has 1 aromatic rings. The normalized spacial score (nSPS) is 26.8. The average Bonchev–Trinajstić information content (AvgIpc) is 2.71. The van der Waals surface area contributed by atoms with E-state index in [0.29, 0.717) is 11.3 Å². The second-order valence-electron chi connectivity index (χ2n) is 6.32. The maximum atomic E-state index is 11.5. The van der Waals surface area contributed by atoms with Gasteiger partial charge < -0.3 is 39.6 Å². The molecular formula is C19H25NO9. The Hall–Kier alpha value is -2.66. The van der Waals surface area contributed by atoms with Crippen LogP contribution in [0.1, 0.15) is 12.5 Å². The van der Waals surface area contributed by atoms with Crippen LogP contribution in [0.3, 0.4) is 0 Å². The second-order valence-corrected chi connectivity index (χ2v) is 6.32. The number of ether oxygens (including phenoxy) is 4. The summed E-state index contributed by atoms with van der Waals surface area (Å²) in [4.78, 5) is 22.7. The van der Waals surface area contributed by atoms with Gasteiger partial charge in [-0.05, 0) is 23.8 Å². The molecule has 5 atom stereocenters. The number of benzene rings is 1. The van der Waals surface area contributed by atoms with E-state index in [-0.39, 0.29) is 5.75 Å². The molecule has 1 heterocycles. The zero-order valence-electron chi connectivity index (χ0n) is 16.3. The largest absolute Gasteiger partial charge is 0.493 e. The van der Waals surface area contributed by atoms with Gasteiger partial charge in [-0.2, -0.15) is 0 Å². The fourth-order valence-electron chi connectivity index (χ4n) is 2.81. The van der Waals surface area contributed by atoms with Crippen LogP contribution in [0.5, 0.6) is 11.5 Å². The van der Waals surface area contributed by atoms with Gasteiger partial charge in [0.15, 0.2) is 11.5 Å². The molecule has 0 unspecified atom stereocenters. The minimum atomic E-state index is -1.43. The van der Waals surface area contributed by atoms with E-state index in [1.165, 1.54) is 33.3 Å². The maximum absolute atomic E-state index is 11.5. The first kappa shape index (κ1) is 22.6. The van der Waals surface area contributed by atoms with Crippen molar-refractivity contribution in [2.45, 2.75) is 37.6 Å². The first-order valence-corrected chi connectivity index (χ1v) is 8.81. The quantitative estimate of drug-likeness (QED) is 0.335. The van der Waals surface area contributed by atoms with Crippen LogP contribution in [0.2, 0.25) is 0 Å². The number of amides is 1. The fourth-order valence-corrected chi connectivity index (χ4v) is 2.81. The molecule has 1 saturated heterocycles. The minimum absolute atomic E-state index is 0.225. The van der Waals surface area contributed by atoms with Crippen LogP contribution in [0, 0.1) is 0 Å². The van der Waals surface area contributed by atoms with Gasteiger partial charge in [-0.3, -0.25) is 4.79 Å². The molecule has 0 spiro atoms. The molecule has 10 nitrogen and oxygen atoms in total. The molecule has 1 fully saturated rings. The van der Waals surface area contributed by atoms with Crippen molar-refractivity contribution in [1.29, 1.82) is 0 Å². The summed E-state index contributed by atoms with van der Waals surface area (Å²) in [5.41, 5.74) is 0.631. The maximum Gasteiger partial charge on any atom is 0.330 e. The van der Waals surface area contributed by atoms with Crippen LogP contribution in [-0.4, -0.2) is 78.7 Å². The Labute approximate surface area is 167 Å². The van der Waals surface area contributed by atoms with Crippen molar-refractivity contribution < 1.29 is 43.9 Å². The SMILES string of the molecule is COC(=O)/C=C/c1ccc(O[C@@H]2O[C@H](CO)[C@H](O)[C@H](O)[C@H]2NC(C)=O)c(OC)c1. The van der Waals surface area contributed by atoms with Gasteiger partial charge >= 0.3 is 5.97 Å². The van der Waals surface area contributed by atoms with Gasteiger partial charge in [0.25, 0.3) is 0 Å². The summed E-state index contributed by atoms with van der Waals surface area (Å²) < 4.78 is 21.2. The summed E-state index contributed by atoms with van der Waals surface area (Å²) in [6.45, 7) is 0.691. The average molecular weight is 411 g/mol. The summed E-state index contributed by atoms with van der Waals surface area (Å²) in [7, 11) is 2.68. The standard InChI is InChI=1S/C19H25NO9/c1-10(22)20-16-18(25)17(24)14(9-21)29-19(16)28-12-6-4-11(8-13(12)26-2)5-7-15(23)27-3/h4-8,14,16-19,21,24-25H,9H2,1-3H3,(H,20,22)/b7-5+/t14-,16-,17+,18-,19-/m1/s1. The monoisotopic (exact) mass is 411 g/mol. The van der Waals surface area contributed by atoms with Crippen molar-refractivity contribution in [1.82, 2.24) is 5.32 Å². The highest BCUT2D eigenvalue weighted by molar-refractivity contribution is 5.87. The van der Waals surface area contributed by atoms with Crippen molar-refractivity contribution in [2.75, 3.05) is 20.8 Å². The van der Waals surface area contributed by atoms with Gasteiger partial charge in [0.05, 0.1) is 20.8 Å². The number of methoxy groups -OCH3 is 2. The van der Waals surface area contributed by atoms with E-state index in [1.54, 1.807) is 18.2 Å². The molecule has 0 aliphatic carbocycles. The highest BCUT2D eigenvalue weighted by Gasteiger charge is 2.46. The lowest BCUT2D eigenvalue weighted by molar-refractivity contribution is -0.244. The summed E-state index contributed by atoms with van der Waals surface area (Å²) in [5, 5.41) is 32.3. The molecule has 1 aliphatic heterocycles. The van der Waals surface area contributed by atoms with E-state index in [4.69, 9.17) is 14.2 Å². The second kappa shape index (κ2) is 10.2. The lowest BCUT2D eigenvalue weighted by Gasteiger charge is -2.42. The van der Waals surface area contributed by atoms with Gasteiger partial charge in [-0.1, -0.05) is 6.07 Å². The van der Waals surface area contributed by atoms with Crippen molar-refractivity contribution in [3.63, 3.8) is 0 Å². The van der Waals surface area contributed by atoms with Crippen LogP contribution in [-0.2, 0) is 19.1 Å². The number of aliphatic hydroxyl groups excluding tert-OH is 3. The minimum Gasteiger partial charge on any atom is -0.493 e. The van der Waals surface area contributed by atoms with Crippen molar-refractivity contribution >= 4 is 18.0 Å². The number of hydrogen-bond acceptors (Lipinski definition) is 9. The van der Waals surface area contributed by atoms with E-state index >= 15 is 0 Å². The Bertz CT molecular complexity index is 751. The molecule has 29 heavy (non-hydrogen) atoms. The summed E-state index contributed by atoms with van der Waals surface area (Å²) in [6, 6.07) is 3.70. The molecule has 0 saturated carbocycles. The first-order valence-electron chi connectivity index (χ1n) is 8.81. The Morgan fingerprint density at radius 2 is 1.93 bits per heavy atom. The fraction of sp³-hybridized carbons (Fsp3) is 0.474. The van der Waals surface area contributed by atoms with E-state index in [2.05, 4.69) is 10.1 Å². The molecule has 0 bridgehead atoms. The van der Waals surface area contributed by atoms with E-state index in [0.717, 1.165) is 0 Å². The van der Waals surface area contributed by atoms with Crippen LogP contribution in [0.4, 0.5) is 0 Å². The number of aliphatic hydroxyl groups is 3. The van der Waals surface area contributed by atoms with E-state index < -0.39 is 49.1 Å². The van der Waals surface area contributed by atoms with Crippen molar-refractivity contribution in [2.24, 2.45) is 0 Å². The number of rotatable bonds is 7. The third-order valence-electron chi connectivity index (χ3n) is 4.29. The number of hydrogen-bond donors (Lipinski definition) is 4. The molecule has 0 radical (unpaired) electrons. The van der Waals surface area contributed by atoms with E-state index in [1.807, 2.05) is 0 Å². The van der Waals surface area contributed by atoms with Crippen LogP contribution in [0.25, 0.3) is 6.08 Å². The highest BCUT2D eigenvalue weighted by atomic mass is 16.7. The topological polar surface area (TPSA) is 144 Å². The molecule has 160 valence electrons. The molecule has 1 aromatic carbocycles. The lowest BCUT2D eigenvalue weighted by atomic mass is 9.97. The van der Waals surface area contributed by atoms with Crippen LogP contribution in [0.15, 0.2) is 24.3 Å². The first-order chi connectivity index (χ1) is 13.8. The number of nitrogens with one attached hydrogen (secondary N) is 1. The Balaban J connectivity index is 2.27. The smallest absolute Gasteiger partial charge is 0.330 e. The molecule has 1 aliphatic rings. The number of esters is 1. The summed E-state index contributed by atoms with van der Waals surface area (Å²) in [6.07, 6.45) is -2.38.